The predicted molar refractivity (Wildman–Crippen MR) is 100 cm³/mol. The Bertz CT molecular complexity index is 473. The van der Waals surface area contributed by atoms with Crippen LogP contribution in [0, 0.1) is 0 Å². The van der Waals surface area contributed by atoms with E-state index in [9.17, 15) is 4.79 Å². The first kappa shape index (κ1) is 21.0. The average molecular weight is 355 g/mol. The Morgan fingerprint density at radius 1 is 1.17 bits per heavy atom. The molecule has 24 heavy (non-hydrogen) atoms. The fourth-order valence-corrected chi connectivity index (χ4v) is 2.65. The number of aryl methyl sites for hydroxylation is 1. The van der Waals surface area contributed by atoms with Crippen molar-refractivity contribution in [2.75, 3.05) is 19.8 Å². The third kappa shape index (κ3) is 7.66. The Morgan fingerprint density at radius 3 is 2.33 bits per heavy atom. The largest absolute Gasteiger partial charge is 0.394 e. The molecule has 0 radical (unpaired) electrons. The number of hydrogen-bond donors (Lipinski definition) is 5. The Hall–Kier alpha value is -1.08. The number of aliphatic hydroxyl groups excluding tert-OH is 2. The van der Waals surface area contributed by atoms with E-state index in [1.54, 1.807) is 0 Å². The number of carbonyl (C=O) groups excluding carboxylic acids is 1. The van der Waals surface area contributed by atoms with Gasteiger partial charge in [0.05, 0.1) is 19.3 Å². The number of thiol groups is 1. The molecule has 1 aromatic carbocycles. The summed E-state index contributed by atoms with van der Waals surface area (Å²) < 4.78 is -0.557. The first-order valence-electron chi connectivity index (χ1n) is 8.40. The molecule has 5 nitrogen and oxygen atoms in total. The average Bonchev–Trinajstić information content (AvgIpc) is 2.55. The Morgan fingerprint density at radius 2 is 1.79 bits per heavy atom. The number of benzene rings is 1. The number of carbonyl (C=O) groups is 1. The van der Waals surface area contributed by atoms with Crippen molar-refractivity contribution in [1.82, 2.24) is 10.6 Å². The summed E-state index contributed by atoms with van der Waals surface area (Å²) in [6, 6.07) is 9.17. The van der Waals surface area contributed by atoms with Gasteiger partial charge in [-0.1, -0.05) is 30.3 Å². The Labute approximate surface area is 150 Å². The summed E-state index contributed by atoms with van der Waals surface area (Å²) in [5.74, 6) is -0.258. The van der Waals surface area contributed by atoms with E-state index >= 15 is 0 Å². The van der Waals surface area contributed by atoms with Gasteiger partial charge < -0.3 is 20.8 Å². The van der Waals surface area contributed by atoms with E-state index < -0.39 is 16.8 Å². The van der Waals surface area contributed by atoms with Crippen LogP contribution in [0.4, 0.5) is 0 Å². The van der Waals surface area contributed by atoms with Gasteiger partial charge >= 0.3 is 0 Å². The molecule has 1 rings (SSSR count). The monoisotopic (exact) mass is 354 g/mol. The predicted octanol–water partition coefficient (Wildman–Crippen LogP) is 1.15. The van der Waals surface area contributed by atoms with Crippen molar-refractivity contribution in [1.29, 1.82) is 0 Å². The lowest BCUT2D eigenvalue weighted by Crippen LogP contribution is -2.57. The SMILES string of the molecule is CC(C)(S)[C@H](NCCCCc1ccccc1)C(=O)NC(CO)CO. The van der Waals surface area contributed by atoms with Crippen LogP contribution in [0.15, 0.2) is 30.3 Å². The number of aliphatic hydroxyl groups is 2. The maximum atomic E-state index is 12.4. The summed E-state index contributed by atoms with van der Waals surface area (Å²) in [5, 5.41) is 24.1. The molecule has 0 heterocycles. The topological polar surface area (TPSA) is 81.6 Å². The van der Waals surface area contributed by atoms with Crippen molar-refractivity contribution >= 4 is 18.5 Å². The van der Waals surface area contributed by atoms with Crippen LogP contribution in [0.2, 0.25) is 0 Å². The fourth-order valence-electron chi connectivity index (χ4n) is 2.44. The summed E-state index contributed by atoms with van der Waals surface area (Å²) in [6.07, 6.45) is 3.00. The van der Waals surface area contributed by atoms with Gasteiger partial charge in [-0.2, -0.15) is 12.6 Å². The minimum absolute atomic E-state index is 0.258. The molecule has 0 aliphatic carbocycles. The maximum Gasteiger partial charge on any atom is 0.238 e. The number of nitrogens with one attached hydrogen (secondary N) is 2. The zero-order valence-electron chi connectivity index (χ0n) is 14.5. The van der Waals surface area contributed by atoms with E-state index in [2.05, 4.69) is 35.4 Å². The van der Waals surface area contributed by atoms with E-state index in [0.29, 0.717) is 6.54 Å². The lowest BCUT2D eigenvalue weighted by molar-refractivity contribution is -0.125. The zero-order chi connectivity index (χ0) is 18.0. The van der Waals surface area contributed by atoms with Crippen LogP contribution in [0.3, 0.4) is 0 Å². The first-order valence-corrected chi connectivity index (χ1v) is 8.85. The summed E-state index contributed by atoms with van der Waals surface area (Å²) in [7, 11) is 0. The van der Waals surface area contributed by atoms with Gasteiger partial charge in [0.2, 0.25) is 5.91 Å². The minimum Gasteiger partial charge on any atom is -0.394 e. The van der Waals surface area contributed by atoms with Crippen LogP contribution in [-0.2, 0) is 11.2 Å². The molecule has 1 aromatic rings. The molecule has 136 valence electrons. The molecule has 1 atom stereocenters. The van der Waals surface area contributed by atoms with Gasteiger partial charge in [0, 0.05) is 4.75 Å². The van der Waals surface area contributed by atoms with Crippen molar-refractivity contribution in [3.05, 3.63) is 35.9 Å². The molecule has 0 aliphatic heterocycles. The van der Waals surface area contributed by atoms with Crippen LogP contribution in [-0.4, -0.2) is 52.7 Å². The molecule has 0 spiro atoms. The van der Waals surface area contributed by atoms with E-state index in [4.69, 9.17) is 10.2 Å². The molecule has 6 heteroatoms. The third-order valence-electron chi connectivity index (χ3n) is 3.84. The fraction of sp³-hybridized carbons (Fsp3) is 0.611. The van der Waals surface area contributed by atoms with Gasteiger partial charge in [-0.15, -0.1) is 0 Å². The standard InChI is InChI=1S/C18H30N2O3S/c1-18(2,24)16(17(23)20-15(12-21)13-22)19-11-7-6-10-14-8-4-3-5-9-14/h3-5,8-9,15-16,19,21-22,24H,6-7,10-13H2,1-2H3,(H,20,23)/t16-/m1/s1. The minimum atomic E-state index is -0.643. The zero-order valence-corrected chi connectivity index (χ0v) is 15.4. The highest BCUT2D eigenvalue weighted by Gasteiger charge is 2.32. The molecule has 0 fully saturated rings. The van der Waals surface area contributed by atoms with Crippen LogP contribution in [0.5, 0.6) is 0 Å². The smallest absolute Gasteiger partial charge is 0.238 e. The molecule has 0 aliphatic rings. The van der Waals surface area contributed by atoms with Crippen LogP contribution in [0.25, 0.3) is 0 Å². The lowest BCUT2D eigenvalue weighted by atomic mass is 10.0. The van der Waals surface area contributed by atoms with Crippen molar-refractivity contribution in [2.45, 2.75) is 49.9 Å². The molecule has 1 amide bonds. The number of unbranched alkanes of at least 4 members (excludes halogenated alkanes) is 1. The second kappa shape index (κ2) is 10.7. The van der Waals surface area contributed by atoms with Crippen LogP contribution < -0.4 is 10.6 Å². The van der Waals surface area contributed by atoms with Crippen LogP contribution >= 0.6 is 12.6 Å². The summed E-state index contributed by atoms with van der Waals surface area (Å²) >= 11 is 4.50. The van der Waals surface area contributed by atoms with Crippen molar-refractivity contribution in [3.63, 3.8) is 0 Å². The van der Waals surface area contributed by atoms with E-state index in [1.165, 1.54) is 5.56 Å². The summed E-state index contributed by atoms with van der Waals surface area (Å²) in [4.78, 5) is 12.4. The summed E-state index contributed by atoms with van der Waals surface area (Å²) in [5.41, 5.74) is 1.31. The van der Waals surface area contributed by atoms with Gasteiger partial charge in [-0.25, -0.2) is 0 Å². The molecule has 0 saturated heterocycles. The number of amides is 1. The maximum absolute atomic E-state index is 12.4. The van der Waals surface area contributed by atoms with Gasteiger partial charge in [0.25, 0.3) is 0 Å². The highest BCUT2D eigenvalue weighted by molar-refractivity contribution is 7.81. The van der Waals surface area contributed by atoms with Gasteiger partial charge in [-0.05, 0) is 45.2 Å². The third-order valence-corrected chi connectivity index (χ3v) is 4.10. The highest BCUT2D eigenvalue weighted by Crippen LogP contribution is 2.18. The van der Waals surface area contributed by atoms with E-state index in [0.717, 1.165) is 19.3 Å². The second-order valence-corrected chi connectivity index (χ2v) is 7.71. The molecular weight excluding hydrogens is 324 g/mol. The molecule has 4 N–H and O–H groups in total. The van der Waals surface area contributed by atoms with Crippen molar-refractivity contribution < 1.29 is 15.0 Å². The van der Waals surface area contributed by atoms with Gasteiger partial charge in [-0.3, -0.25) is 4.79 Å². The highest BCUT2D eigenvalue weighted by atomic mass is 32.1. The van der Waals surface area contributed by atoms with E-state index in [1.807, 2.05) is 32.0 Å². The van der Waals surface area contributed by atoms with Crippen molar-refractivity contribution in [3.8, 4) is 0 Å². The second-order valence-electron chi connectivity index (χ2n) is 6.55. The van der Waals surface area contributed by atoms with Gasteiger partial charge in [0.1, 0.15) is 6.04 Å². The molecule has 0 bridgehead atoms. The Balaban J connectivity index is 2.42. The quantitative estimate of drug-likeness (QED) is 0.305. The number of rotatable bonds is 11. The number of hydrogen-bond acceptors (Lipinski definition) is 5. The van der Waals surface area contributed by atoms with Gasteiger partial charge in [0.15, 0.2) is 0 Å². The molecule has 0 saturated carbocycles. The normalized spacial score (nSPS) is 13.1. The molecule has 0 unspecified atom stereocenters. The van der Waals surface area contributed by atoms with Crippen molar-refractivity contribution in [2.24, 2.45) is 0 Å². The van der Waals surface area contributed by atoms with E-state index in [-0.39, 0.29) is 19.1 Å². The lowest BCUT2D eigenvalue weighted by Gasteiger charge is -2.31. The molecular formula is C18H30N2O3S. The molecule has 0 aromatic heterocycles. The first-order chi connectivity index (χ1) is 11.4. The van der Waals surface area contributed by atoms with Crippen LogP contribution in [0.1, 0.15) is 32.3 Å². The Kier molecular flexibility index (Phi) is 9.36. The summed E-state index contributed by atoms with van der Waals surface area (Å²) in [6.45, 7) is 3.85.